The number of carbonyl (C=O) groups is 2. The van der Waals surface area contributed by atoms with Crippen LogP contribution < -0.4 is 0 Å². The minimum Gasteiger partial charge on any atom is -0.467 e. The van der Waals surface area contributed by atoms with Gasteiger partial charge >= 0.3 is 12.1 Å². The van der Waals surface area contributed by atoms with Crippen molar-refractivity contribution in [1.29, 1.82) is 0 Å². The number of amides is 1. The fraction of sp³-hybridized carbons (Fsp3) is 0.412. The Labute approximate surface area is 130 Å². The van der Waals surface area contributed by atoms with E-state index >= 15 is 0 Å². The van der Waals surface area contributed by atoms with E-state index in [9.17, 15) is 9.59 Å². The van der Waals surface area contributed by atoms with Crippen LogP contribution in [0.4, 0.5) is 4.79 Å². The molecule has 0 aliphatic carbocycles. The van der Waals surface area contributed by atoms with Crippen molar-refractivity contribution in [2.45, 2.75) is 32.4 Å². The van der Waals surface area contributed by atoms with Crippen LogP contribution in [0.1, 0.15) is 25.3 Å². The van der Waals surface area contributed by atoms with Crippen molar-refractivity contribution in [2.75, 3.05) is 13.7 Å². The Bertz CT molecular complexity index is 553. The zero-order valence-corrected chi connectivity index (χ0v) is 13.0. The molecule has 1 atom stereocenters. The van der Waals surface area contributed by atoms with Gasteiger partial charge in [0.05, 0.1) is 7.11 Å². The lowest BCUT2D eigenvalue weighted by molar-refractivity contribution is -0.145. The lowest BCUT2D eigenvalue weighted by Crippen LogP contribution is -2.41. The Kier molecular flexibility index (Phi) is 5.58. The molecule has 5 heteroatoms. The van der Waals surface area contributed by atoms with Gasteiger partial charge in [0.15, 0.2) is 0 Å². The largest absolute Gasteiger partial charge is 0.467 e. The molecule has 1 aromatic carbocycles. The van der Waals surface area contributed by atoms with Crippen LogP contribution in [-0.2, 0) is 20.9 Å². The van der Waals surface area contributed by atoms with Gasteiger partial charge < -0.3 is 9.47 Å². The molecule has 118 valence electrons. The minimum atomic E-state index is -0.592. The Morgan fingerprint density at radius 3 is 2.68 bits per heavy atom. The minimum absolute atomic E-state index is 0.191. The highest BCUT2D eigenvalue weighted by Crippen LogP contribution is 2.25. The molecule has 1 aliphatic rings. The third kappa shape index (κ3) is 3.87. The van der Waals surface area contributed by atoms with E-state index in [1.165, 1.54) is 12.0 Å². The molecular formula is C17H21NO4. The maximum Gasteiger partial charge on any atom is 0.411 e. The number of ether oxygens (including phenoxy) is 2. The number of carbonyl (C=O) groups excluding carboxylic acids is 2. The Balaban J connectivity index is 2.02. The highest BCUT2D eigenvalue weighted by molar-refractivity contribution is 5.83. The number of allylic oxidation sites excluding steroid dienone is 1. The molecule has 1 aromatic rings. The van der Waals surface area contributed by atoms with Crippen molar-refractivity contribution in [2.24, 2.45) is 0 Å². The molecule has 0 unspecified atom stereocenters. The van der Waals surface area contributed by atoms with Gasteiger partial charge in [-0.25, -0.2) is 9.59 Å². The predicted molar refractivity (Wildman–Crippen MR) is 82.1 cm³/mol. The van der Waals surface area contributed by atoms with E-state index in [0.717, 1.165) is 17.6 Å². The van der Waals surface area contributed by atoms with E-state index in [1.54, 1.807) is 0 Å². The maximum atomic E-state index is 12.3. The molecule has 5 nitrogen and oxygen atoms in total. The van der Waals surface area contributed by atoms with Crippen molar-refractivity contribution in [3.63, 3.8) is 0 Å². The predicted octanol–water partition coefficient (Wildman–Crippen LogP) is 2.91. The average Bonchev–Trinajstić information content (AvgIpc) is 2.97. The van der Waals surface area contributed by atoms with Gasteiger partial charge in [0.25, 0.3) is 0 Å². The van der Waals surface area contributed by atoms with Crippen LogP contribution in [0, 0.1) is 0 Å². The van der Waals surface area contributed by atoms with Crippen molar-refractivity contribution in [3.8, 4) is 0 Å². The molecule has 2 rings (SSSR count). The summed E-state index contributed by atoms with van der Waals surface area (Å²) in [6, 6.07) is 8.86. The van der Waals surface area contributed by atoms with Gasteiger partial charge in [-0.2, -0.15) is 0 Å². The first-order valence-electron chi connectivity index (χ1n) is 7.38. The molecule has 1 aliphatic heterocycles. The second-order valence-corrected chi connectivity index (χ2v) is 5.18. The number of benzene rings is 1. The fourth-order valence-corrected chi connectivity index (χ4v) is 2.53. The maximum absolute atomic E-state index is 12.3. The van der Waals surface area contributed by atoms with Crippen molar-refractivity contribution >= 4 is 12.1 Å². The summed E-state index contributed by atoms with van der Waals surface area (Å²) in [4.78, 5) is 25.6. The topological polar surface area (TPSA) is 55.8 Å². The van der Waals surface area contributed by atoms with Crippen molar-refractivity contribution in [1.82, 2.24) is 4.90 Å². The Hall–Kier alpha value is -2.30. The number of rotatable bonds is 4. The molecule has 0 saturated carbocycles. The normalized spacial score (nSPS) is 19.3. The third-order valence-corrected chi connectivity index (χ3v) is 3.61. The Morgan fingerprint density at radius 1 is 1.32 bits per heavy atom. The first kappa shape index (κ1) is 16.1. The number of methoxy groups -OCH3 is 1. The van der Waals surface area contributed by atoms with E-state index in [-0.39, 0.29) is 6.61 Å². The van der Waals surface area contributed by atoms with Crippen LogP contribution in [0.2, 0.25) is 0 Å². The van der Waals surface area contributed by atoms with Gasteiger partial charge in [-0.1, -0.05) is 48.9 Å². The first-order chi connectivity index (χ1) is 10.7. The summed E-state index contributed by atoms with van der Waals surface area (Å²) in [5.41, 5.74) is 1.98. The molecule has 1 saturated heterocycles. The quantitative estimate of drug-likeness (QED) is 0.634. The van der Waals surface area contributed by atoms with Crippen LogP contribution in [0.25, 0.3) is 0 Å². The SMILES string of the molecule is CCC=C1C[C@@H](C(=O)OC)N(C(=O)OCc2ccccc2)C1. The summed E-state index contributed by atoms with van der Waals surface area (Å²) >= 11 is 0. The summed E-state index contributed by atoms with van der Waals surface area (Å²) < 4.78 is 10.1. The van der Waals surface area contributed by atoms with Crippen molar-refractivity contribution < 1.29 is 19.1 Å². The van der Waals surface area contributed by atoms with Gasteiger partial charge in [0, 0.05) is 13.0 Å². The van der Waals surface area contributed by atoms with E-state index in [4.69, 9.17) is 9.47 Å². The van der Waals surface area contributed by atoms with Crippen molar-refractivity contribution in [3.05, 3.63) is 47.5 Å². The van der Waals surface area contributed by atoms with Crippen LogP contribution in [-0.4, -0.2) is 36.7 Å². The zero-order valence-electron chi connectivity index (χ0n) is 13.0. The summed E-state index contributed by atoms with van der Waals surface area (Å²) in [7, 11) is 1.33. The number of likely N-dealkylation sites (tertiary alicyclic amines) is 1. The van der Waals surface area contributed by atoms with Gasteiger partial charge in [-0.15, -0.1) is 0 Å². The first-order valence-corrected chi connectivity index (χ1v) is 7.38. The number of hydrogen-bond acceptors (Lipinski definition) is 4. The Morgan fingerprint density at radius 2 is 2.05 bits per heavy atom. The van der Waals surface area contributed by atoms with Crippen LogP contribution in [0.5, 0.6) is 0 Å². The van der Waals surface area contributed by atoms with E-state index in [0.29, 0.717) is 13.0 Å². The number of esters is 1. The molecule has 1 heterocycles. The number of nitrogens with zero attached hydrogens (tertiary/aromatic N) is 1. The van der Waals surface area contributed by atoms with Crippen LogP contribution in [0.15, 0.2) is 42.0 Å². The van der Waals surface area contributed by atoms with Crippen LogP contribution >= 0.6 is 0 Å². The molecule has 0 aromatic heterocycles. The summed E-state index contributed by atoms with van der Waals surface area (Å²) in [5.74, 6) is -0.406. The van der Waals surface area contributed by atoms with Gasteiger partial charge in [0.1, 0.15) is 12.6 Å². The average molecular weight is 303 g/mol. The lowest BCUT2D eigenvalue weighted by atomic mass is 10.1. The standard InChI is InChI=1S/C17H21NO4/c1-3-7-14-10-15(16(19)21-2)18(11-14)17(20)22-12-13-8-5-4-6-9-13/h4-9,15H,3,10-12H2,1-2H3/t15-/m0/s1. The van der Waals surface area contributed by atoms with Gasteiger partial charge in [0.2, 0.25) is 0 Å². The molecule has 0 spiro atoms. The number of hydrogen-bond donors (Lipinski definition) is 0. The molecule has 1 fully saturated rings. The molecule has 22 heavy (non-hydrogen) atoms. The van der Waals surface area contributed by atoms with E-state index in [2.05, 4.69) is 0 Å². The fourth-order valence-electron chi connectivity index (χ4n) is 2.53. The molecular weight excluding hydrogens is 282 g/mol. The van der Waals surface area contributed by atoms with E-state index in [1.807, 2.05) is 43.3 Å². The smallest absolute Gasteiger partial charge is 0.411 e. The zero-order chi connectivity index (χ0) is 15.9. The molecule has 0 bridgehead atoms. The molecule has 0 radical (unpaired) electrons. The van der Waals surface area contributed by atoms with Crippen LogP contribution in [0.3, 0.4) is 0 Å². The highest BCUT2D eigenvalue weighted by Gasteiger charge is 2.38. The van der Waals surface area contributed by atoms with Gasteiger partial charge in [-0.05, 0) is 12.0 Å². The summed E-state index contributed by atoms with van der Waals surface area (Å²) in [6.45, 7) is 2.63. The summed E-state index contributed by atoms with van der Waals surface area (Å²) in [5, 5.41) is 0. The molecule has 0 N–H and O–H groups in total. The highest BCUT2D eigenvalue weighted by atomic mass is 16.6. The summed E-state index contributed by atoms with van der Waals surface area (Å²) in [6.07, 6.45) is 2.94. The monoisotopic (exact) mass is 303 g/mol. The third-order valence-electron chi connectivity index (χ3n) is 3.61. The van der Waals surface area contributed by atoms with Gasteiger partial charge in [-0.3, -0.25) is 4.90 Å². The molecule has 1 amide bonds. The second-order valence-electron chi connectivity index (χ2n) is 5.18. The lowest BCUT2D eigenvalue weighted by Gasteiger charge is -2.21. The second kappa shape index (κ2) is 7.64. The van der Waals surface area contributed by atoms with E-state index < -0.39 is 18.1 Å².